The smallest absolute Gasteiger partial charge is 0.264 e. The second-order valence-corrected chi connectivity index (χ2v) is 6.86. The molecule has 4 nitrogen and oxygen atoms in total. The van der Waals surface area contributed by atoms with Crippen LogP contribution in [0.5, 0.6) is 0 Å². The molecule has 0 spiro atoms. The zero-order chi connectivity index (χ0) is 17.1. The Morgan fingerprint density at radius 2 is 2.00 bits per heavy atom. The Kier molecular flexibility index (Phi) is 4.81. The number of carbonyl (C=O) groups is 1. The first kappa shape index (κ1) is 16.5. The van der Waals surface area contributed by atoms with Crippen molar-refractivity contribution in [3.8, 4) is 0 Å². The third-order valence-electron chi connectivity index (χ3n) is 4.01. The number of hydrogen-bond acceptors (Lipinski definition) is 4. The van der Waals surface area contributed by atoms with Crippen LogP contribution >= 0.6 is 11.3 Å². The van der Waals surface area contributed by atoms with E-state index in [9.17, 15) is 4.79 Å². The van der Waals surface area contributed by atoms with Crippen LogP contribution in [0.2, 0.25) is 0 Å². The molecule has 124 valence electrons. The normalized spacial score (nSPS) is 12.2. The number of aryl methyl sites for hydroxylation is 1. The molecule has 0 aliphatic carbocycles. The van der Waals surface area contributed by atoms with Crippen LogP contribution in [0.3, 0.4) is 0 Å². The van der Waals surface area contributed by atoms with Gasteiger partial charge in [-0.25, -0.2) is 4.98 Å². The molecule has 3 rings (SSSR count). The minimum absolute atomic E-state index is 0.0769. The number of nitrogens with one attached hydrogen (secondary N) is 1. The summed E-state index contributed by atoms with van der Waals surface area (Å²) in [7, 11) is 0. The summed E-state index contributed by atoms with van der Waals surface area (Å²) in [5.74, 6) is -0.149. The molecule has 0 bridgehead atoms. The number of rotatable bonds is 5. The van der Waals surface area contributed by atoms with Crippen LogP contribution in [-0.2, 0) is 6.42 Å². The van der Waals surface area contributed by atoms with E-state index in [1.54, 1.807) is 0 Å². The van der Waals surface area contributed by atoms with E-state index in [0.717, 1.165) is 34.3 Å². The molecule has 0 saturated heterocycles. The van der Waals surface area contributed by atoms with Crippen molar-refractivity contribution in [3.05, 3.63) is 58.6 Å². The van der Waals surface area contributed by atoms with E-state index in [4.69, 9.17) is 5.73 Å². The maximum Gasteiger partial charge on any atom is 0.264 e. The average molecular weight is 339 g/mol. The number of nitrogen functional groups attached to an aromatic ring is 1. The number of nitrogens with two attached hydrogens (primary N) is 1. The Bertz CT molecular complexity index is 858. The van der Waals surface area contributed by atoms with Gasteiger partial charge < -0.3 is 11.1 Å². The van der Waals surface area contributed by atoms with E-state index < -0.39 is 0 Å². The lowest BCUT2D eigenvalue weighted by Gasteiger charge is -2.13. The summed E-state index contributed by atoms with van der Waals surface area (Å²) in [6.45, 7) is 4.09. The summed E-state index contributed by atoms with van der Waals surface area (Å²) in [6.07, 6.45) is 1.97. The largest absolute Gasteiger partial charge is 0.397 e. The van der Waals surface area contributed by atoms with Gasteiger partial charge in [0, 0.05) is 11.1 Å². The molecule has 24 heavy (non-hydrogen) atoms. The fourth-order valence-corrected chi connectivity index (χ4v) is 3.70. The number of carbonyl (C=O) groups excluding carboxylic acids is 1. The Morgan fingerprint density at radius 3 is 2.71 bits per heavy atom. The second kappa shape index (κ2) is 7.01. The Hall–Kier alpha value is -2.40. The van der Waals surface area contributed by atoms with Gasteiger partial charge in [-0.1, -0.05) is 43.7 Å². The van der Waals surface area contributed by atoms with E-state index in [1.165, 1.54) is 11.3 Å². The molecular weight excluding hydrogens is 318 g/mol. The van der Waals surface area contributed by atoms with Crippen molar-refractivity contribution in [1.29, 1.82) is 0 Å². The Labute approximate surface area is 145 Å². The van der Waals surface area contributed by atoms with E-state index in [0.29, 0.717) is 10.6 Å². The van der Waals surface area contributed by atoms with Gasteiger partial charge in [0.2, 0.25) is 0 Å². The van der Waals surface area contributed by atoms with Crippen LogP contribution in [0.4, 0.5) is 5.69 Å². The molecule has 0 aliphatic rings. The Balaban J connectivity index is 1.85. The highest BCUT2D eigenvalue weighted by molar-refractivity contribution is 7.21. The van der Waals surface area contributed by atoms with Crippen molar-refractivity contribution in [1.82, 2.24) is 10.3 Å². The van der Waals surface area contributed by atoms with E-state index >= 15 is 0 Å². The molecule has 3 N–H and O–H groups in total. The molecule has 0 saturated carbocycles. The summed E-state index contributed by atoms with van der Waals surface area (Å²) < 4.78 is 0. The summed E-state index contributed by atoms with van der Waals surface area (Å²) in [5, 5.41) is 3.88. The van der Waals surface area contributed by atoms with Crippen LogP contribution in [0.25, 0.3) is 10.2 Å². The molecule has 2 aromatic heterocycles. The summed E-state index contributed by atoms with van der Waals surface area (Å²) in [5.41, 5.74) is 8.81. The fraction of sp³-hybridized carbons (Fsp3) is 0.263. The average Bonchev–Trinajstić information content (AvgIpc) is 2.92. The lowest BCUT2D eigenvalue weighted by molar-refractivity contribution is 0.0945. The van der Waals surface area contributed by atoms with Crippen LogP contribution in [0.15, 0.2) is 42.5 Å². The van der Waals surface area contributed by atoms with Gasteiger partial charge in [-0.2, -0.15) is 0 Å². The predicted octanol–water partition coefficient (Wildman–Crippen LogP) is 4.32. The number of hydrogen-bond donors (Lipinski definition) is 2. The maximum absolute atomic E-state index is 12.6. The van der Waals surface area contributed by atoms with E-state index in [-0.39, 0.29) is 11.9 Å². The van der Waals surface area contributed by atoms with Crippen LogP contribution in [-0.4, -0.2) is 10.9 Å². The monoisotopic (exact) mass is 339 g/mol. The zero-order valence-corrected chi connectivity index (χ0v) is 14.7. The SMILES string of the molecule is CCCc1ccc2c(N)c(C(=O)NC(C)c3ccccc3)sc2n1. The molecule has 5 heteroatoms. The third kappa shape index (κ3) is 3.26. The first-order chi connectivity index (χ1) is 11.6. The molecule has 1 atom stereocenters. The highest BCUT2D eigenvalue weighted by Gasteiger charge is 2.19. The highest BCUT2D eigenvalue weighted by atomic mass is 32.1. The van der Waals surface area contributed by atoms with Gasteiger partial charge in [0.15, 0.2) is 0 Å². The van der Waals surface area contributed by atoms with Crippen molar-refractivity contribution in [2.24, 2.45) is 0 Å². The van der Waals surface area contributed by atoms with Crippen molar-refractivity contribution >= 4 is 33.1 Å². The number of fused-ring (bicyclic) bond motifs is 1. The molecule has 3 aromatic rings. The number of nitrogens with zero attached hydrogens (tertiary/aromatic N) is 1. The minimum Gasteiger partial charge on any atom is -0.397 e. The van der Waals surface area contributed by atoms with Gasteiger partial charge in [-0.15, -0.1) is 11.3 Å². The molecule has 2 heterocycles. The Morgan fingerprint density at radius 1 is 1.25 bits per heavy atom. The lowest BCUT2D eigenvalue weighted by atomic mass is 10.1. The number of thiophene rings is 1. The molecule has 1 amide bonds. The van der Waals surface area contributed by atoms with Crippen molar-refractivity contribution in [2.45, 2.75) is 32.7 Å². The van der Waals surface area contributed by atoms with Gasteiger partial charge in [-0.3, -0.25) is 4.79 Å². The molecule has 1 unspecified atom stereocenters. The van der Waals surface area contributed by atoms with Crippen LogP contribution in [0.1, 0.15) is 47.2 Å². The maximum atomic E-state index is 12.6. The molecule has 1 aromatic carbocycles. The van der Waals surface area contributed by atoms with Gasteiger partial charge in [0.25, 0.3) is 5.91 Å². The van der Waals surface area contributed by atoms with Crippen LogP contribution < -0.4 is 11.1 Å². The first-order valence-electron chi connectivity index (χ1n) is 8.13. The lowest BCUT2D eigenvalue weighted by Crippen LogP contribution is -2.26. The highest BCUT2D eigenvalue weighted by Crippen LogP contribution is 2.33. The topological polar surface area (TPSA) is 68.0 Å². The molecule has 0 fully saturated rings. The van der Waals surface area contributed by atoms with Crippen molar-refractivity contribution in [2.75, 3.05) is 5.73 Å². The van der Waals surface area contributed by atoms with E-state index in [1.807, 2.05) is 49.4 Å². The summed E-state index contributed by atoms with van der Waals surface area (Å²) in [4.78, 5) is 18.6. The van der Waals surface area contributed by atoms with Crippen molar-refractivity contribution in [3.63, 3.8) is 0 Å². The standard InChI is InChI=1S/C19H21N3OS/c1-3-7-14-10-11-15-16(20)17(24-19(15)22-14)18(23)21-12(2)13-8-5-4-6-9-13/h4-6,8-12H,3,7,20H2,1-2H3,(H,21,23). The molecule has 0 radical (unpaired) electrons. The van der Waals surface area contributed by atoms with E-state index in [2.05, 4.69) is 17.2 Å². The number of benzene rings is 1. The number of pyridine rings is 1. The number of anilines is 1. The third-order valence-corrected chi connectivity index (χ3v) is 5.13. The van der Waals surface area contributed by atoms with Crippen molar-refractivity contribution < 1.29 is 4.79 Å². The van der Waals surface area contributed by atoms with Gasteiger partial charge in [0.05, 0.1) is 11.7 Å². The summed E-state index contributed by atoms with van der Waals surface area (Å²) >= 11 is 1.36. The zero-order valence-electron chi connectivity index (χ0n) is 13.9. The minimum atomic E-state index is -0.149. The summed E-state index contributed by atoms with van der Waals surface area (Å²) in [6, 6.07) is 13.8. The van der Waals surface area contributed by atoms with Gasteiger partial charge in [0.1, 0.15) is 9.71 Å². The fourth-order valence-electron chi connectivity index (χ4n) is 2.69. The predicted molar refractivity (Wildman–Crippen MR) is 100 cm³/mol. The second-order valence-electron chi connectivity index (χ2n) is 5.86. The number of amides is 1. The quantitative estimate of drug-likeness (QED) is 0.727. The molecule has 0 aliphatic heterocycles. The first-order valence-corrected chi connectivity index (χ1v) is 8.95. The molecular formula is C19H21N3OS. The van der Waals surface area contributed by atoms with Gasteiger partial charge in [-0.05, 0) is 31.0 Å². The van der Waals surface area contributed by atoms with Crippen LogP contribution in [0, 0.1) is 0 Å². The number of aromatic nitrogens is 1. The van der Waals surface area contributed by atoms with Gasteiger partial charge >= 0.3 is 0 Å².